The zero-order chi connectivity index (χ0) is 13.1. The van der Waals surface area contributed by atoms with E-state index in [0.717, 1.165) is 0 Å². The van der Waals surface area contributed by atoms with Crippen LogP contribution in [0, 0.1) is 6.92 Å². The number of nitrogens with zero attached hydrogens (tertiary/aromatic N) is 3. The van der Waals surface area contributed by atoms with E-state index in [9.17, 15) is 4.79 Å². The molecule has 6 nitrogen and oxygen atoms in total. The van der Waals surface area contributed by atoms with Crippen molar-refractivity contribution in [3.8, 4) is 0 Å². The fraction of sp³-hybridized carbons (Fsp3) is 0.273. The summed E-state index contributed by atoms with van der Waals surface area (Å²) in [5.41, 5.74) is 0.189. The molecule has 0 aliphatic carbocycles. The predicted molar refractivity (Wildman–Crippen MR) is 64.2 cm³/mol. The maximum Gasteiger partial charge on any atom is 0.272 e. The van der Waals surface area contributed by atoms with Crippen LogP contribution in [0.2, 0.25) is 5.15 Å². The maximum atomic E-state index is 11.8. The first-order chi connectivity index (χ1) is 8.56. The molecule has 2 heterocycles. The van der Waals surface area contributed by atoms with Crippen LogP contribution in [0.4, 0.5) is 0 Å². The second-order valence-corrected chi connectivity index (χ2v) is 4.12. The zero-order valence-electron chi connectivity index (χ0n) is 9.85. The minimum absolute atomic E-state index is 0.189. The Morgan fingerprint density at radius 1 is 1.33 bits per heavy atom. The summed E-state index contributed by atoms with van der Waals surface area (Å²) in [6.07, 6.45) is 4.22. The highest BCUT2D eigenvalue weighted by Crippen LogP contribution is 2.12. The number of aryl methyl sites for hydroxylation is 1. The lowest BCUT2D eigenvalue weighted by Gasteiger charge is -2.09. The predicted octanol–water partition coefficient (Wildman–Crippen LogP) is 1.92. The monoisotopic (exact) mass is 266 g/mol. The third kappa shape index (κ3) is 2.84. The van der Waals surface area contributed by atoms with Gasteiger partial charge in [-0.05, 0) is 13.8 Å². The number of hydrogen-bond donors (Lipinski definition) is 1. The molecular formula is C11H11ClN4O2. The molecule has 0 spiro atoms. The molecule has 0 fully saturated rings. The summed E-state index contributed by atoms with van der Waals surface area (Å²) < 4.78 is 5.32. The van der Waals surface area contributed by atoms with Gasteiger partial charge in [-0.2, -0.15) is 0 Å². The van der Waals surface area contributed by atoms with Crippen LogP contribution < -0.4 is 5.32 Å². The number of hydrogen-bond acceptors (Lipinski definition) is 5. The van der Waals surface area contributed by atoms with Crippen molar-refractivity contribution < 1.29 is 9.21 Å². The van der Waals surface area contributed by atoms with Crippen LogP contribution >= 0.6 is 11.6 Å². The summed E-state index contributed by atoms with van der Waals surface area (Å²) in [5.74, 6) is 0.780. The summed E-state index contributed by atoms with van der Waals surface area (Å²) in [5, 5.41) is 2.94. The molecule has 94 valence electrons. The summed E-state index contributed by atoms with van der Waals surface area (Å²) in [6.45, 7) is 3.56. The van der Waals surface area contributed by atoms with E-state index in [4.69, 9.17) is 16.0 Å². The van der Waals surface area contributed by atoms with Crippen molar-refractivity contribution in [2.75, 3.05) is 0 Å². The van der Waals surface area contributed by atoms with Crippen LogP contribution in [-0.4, -0.2) is 20.9 Å². The first-order valence-corrected chi connectivity index (χ1v) is 5.65. The number of nitrogens with one attached hydrogen (secondary N) is 1. The van der Waals surface area contributed by atoms with Crippen LogP contribution in [0.5, 0.6) is 0 Å². The number of amides is 1. The zero-order valence-corrected chi connectivity index (χ0v) is 10.6. The number of carbonyl (C=O) groups is 1. The first-order valence-electron chi connectivity index (χ1n) is 5.27. The van der Waals surface area contributed by atoms with Crippen LogP contribution in [0.15, 0.2) is 23.0 Å². The van der Waals surface area contributed by atoms with E-state index in [0.29, 0.717) is 11.7 Å². The minimum atomic E-state index is -0.359. The van der Waals surface area contributed by atoms with Crippen LogP contribution in [-0.2, 0) is 0 Å². The fourth-order valence-electron chi connectivity index (χ4n) is 1.33. The normalized spacial score (nSPS) is 12.2. The van der Waals surface area contributed by atoms with E-state index in [1.165, 1.54) is 12.4 Å². The Bertz CT molecular complexity index is 552. The molecule has 2 aromatic rings. The quantitative estimate of drug-likeness (QED) is 0.918. The molecule has 0 radical (unpaired) electrons. The molecule has 0 saturated carbocycles. The highest BCUT2D eigenvalue weighted by atomic mass is 35.5. The van der Waals surface area contributed by atoms with E-state index < -0.39 is 0 Å². The van der Waals surface area contributed by atoms with Crippen molar-refractivity contribution in [1.82, 2.24) is 20.3 Å². The van der Waals surface area contributed by atoms with Crippen LogP contribution in [0.25, 0.3) is 0 Å². The van der Waals surface area contributed by atoms with Crippen LogP contribution in [0.1, 0.15) is 35.1 Å². The first kappa shape index (κ1) is 12.5. The lowest BCUT2D eigenvalue weighted by atomic mass is 10.3. The van der Waals surface area contributed by atoms with Crippen molar-refractivity contribution in [2.24, 2.45) is 0 Å². The molecule has 0 saturated heterocycles. The van der Waals surface area contributed by atoms with Crippen LogP contribution in [0.3, 0.4) is 0 Å². The number of aromatic nitrogens is 3. The van der Waals surface area contributed by atoms with Crippen molar-refractivity contribution in [3.63, 3.8) is 0 Å². The van der Waals surface area contributed by atoms with Gasteiger partial charge < -0.3 is 9.73 Å². The average Bonchev–Trinajstić information content (AvgIpc) is 2.76. The smallest absolute Gasteiger partial charge is 0.272 e. The second-order valence-electron chi connectivity index (χ2n) is 3.73. The summed E-state index contributed by atoms with van der Waals surface area (Å²) in [7, 11) is 0. The third-order valence-electron chi connectivity index (χ3n) is 2.21. The van der Waals surface area contributed by atoms with Crippen molar-refractivity contribution in [2.45, 2.75) is 19.9 Å². The Morgan fingerprint density at radius 3 is 2.67 bits per heavy atom. The number of carbonyl (C=O) groups excluding carboxylic acids is 1. The van der Waals surface area contributed by atoms with Gasteiger partial charge in [0.05, 0.1) is 18.6 Å². The summed E-state index contributed by atoms with van der Waals surface area (Å²) in [6, 6.07) is -0.344. The van der Waals surface area contributed by atoms with Gasteiger partial charge >= 0.3 is 0 Å². The Morgan fingerprint density at radius 2 is 2.11 bits per heavy atom. The highest BCUT2D eigenvalue weighted by molar-refractivity contribution is 6.29. The van der Waals surface area contributed by atoms with Gasteiger partial charge in [0.25, 0.3) is 5.91 Å². The van der Waals surface area contributed by atoms with Gasteiger partial charge in [-0.1, -0.05) is 11.6 Å². The van der Waals surface area contributed by atoms with E-state index in [-0.39, 0.29) is 22.8 Å². The van der Waals surface area contributed by atoms with Gasteiger partial charge in [-0.15, -0.1) is 0 Å². The van der Waals surface area contributed by atoms with Crippen molar-refractivity contribution in [3.05, 3.63) is 41.1 Å². The standard InChI is InChI=1S/C11H11ClN4O2/c1-6-3-15-11(18-6)7(2)16-10(17)8-4-14-9(12)5-13-8/h3-5,7H,1-2H3,(H,16,17). The molecule has 1 amide bonds. The Labute approximate surface area is 108 Å². The van der Waals surface area contributed by atoms with E-state index in [2.05, 4.69) is 20.3 Å². The van der Waals surface area contributed by atoms with E-state index in [1.807, 2.05) is 0 Å². The number of halogens is 1. The largest absolute Gasteiger partial charge is 0.444 e. The number of oxazole rings is 1. The summed E-state index contributed by atoms with van der Waals surface area (Å²) >= 11 is 5.59. The maximum absolute atomic E-state index is 11.8. The molecule has 1 N–H and O–H groups in total. The summed E-state index contributed by atoms with van der Waals surface area (Å²) in [4.78, 5) is 23.5. The van der Waals surface area contributed by atoms with E-state index in [1.54, 1.807) is 20.0 Å². The lowest BCUT2D eigenvalue weighted by Crippen LogP contribution is -2.27. The molecule has 1 unspecified atom stereocenters. The highest BCUT2D eigenvalue weighted by Gasteiger charge is 2.16. The van der Waals surface area contributed by atoms with Gasteiger partial charge in [-0.25, -0.2) is 15.0 Å². The SMILES string of the molecule is Cc1cnc(C(C)NC(=O)c2cnc(Cl)cn2)o1. The second kappa shape index (κ2) is 5.14. The molecule has 2 aromatic heterocycles. The van der Waals surface area contributed by atoms with Crippen molar-refractivity contribution >= 4 is 17.5 Å². The lowest BCUT2D eigenvalue weighted by molar-refractivity contribution is 0.0928. The fourth-order valence-corrected chi connectivity index (χ4v) is 1.43. The molecule has 1 atom stereocenters. The molecule has 0 aliphatic rings. The van der Waals surface area contributed by atoms with Gasteiger partial charge in [0.1, 0.15) is 22.6 Å². The van der Waals surface area contributed by atoms with Gasteiger partial charge in [-0.3, -0.25) is 4.79 Å². The van der Waals surface area contributed by atoms with E-state index >= 15 is 0 Å². The Balaban J connectivity index is 2.05. The van der Waals surface area contributed by atoms with Gasteiger partial charge in [0, 0.05) is 0 Å². The molecule has 0 aromatic carbocycles. The molecule has 2 rings (SSSR count). The minimum Gasteiger partial charge on any atom is -0.444 e. The van der Waals surface area contributed by atoms with Gasteiger partial charge in [0.2, 0.25) is 5.89 Å². The molecule has 7 heteroatoms. The molecule has 18 heavy (non-hydrogen) atoms. The Hall–Kier alpha value is -1.95. The topological polar surface area (TPSA) is 80.9 Å². The Kier molecular flexibility index (Phi) is 3.57. The molecule has 0 aliphatic heterocycles. The number of rotatable bonds is 3. The molecule has 0 bridgehead atoms. The third-order valence-corrected chi connectivity index (χ3v) is 2.41. The van der Waals surface area contributed by atoms with Crippen molar-refractivity contribution in [1.29, 1.82) is 0 Å². The van der Waals surface area contributed by atoms with Gasteiger partial charge in [0.15, 0.2) is 0 Å². The average molecular weight is 267 g/mol. The molecular weight excluding hydrogens is 256 g/mol.